The molecule has 1 aromatic carbocycles. The fourth-order valence-electron chi connectivity index (χ4n) is 2.87. The number of hydrogen-bond acceptors (Lipinski definition) is 3. The second-order valence-corrected chi connectivity index (χ2v) is 6.06. The van der Waals surface area contributed by atoms with Crippen LogP contribution in [0.1, 0.15) is 38.8 Å². The monoisotopic (exact) mass is 281 g/mol. The molecule has 0 aromatic heterocycles. The Balaban J connectivity index is 2.38. The lowest BCUT2D eigenvalue weighted by atomic mass is 9.96. The van der Waals surface area contributed by atoms with E-state index in [-0.39, 0.29) is 17.3 Å². The Kier molecular flexibility index (Phi) is 4.23. The molecule has 0 spiro atoms. The molecule has 0 aliphatic heterocycles. The van der Waals surface area contributed by atoms with Crippen LogP contribution >= 0.6 is 0 Å². The molecule has 0 bridgehead atoms. The van der Waals surface area contributed by atoms with Gasteiger partial charge in [0.15, 0.2) is 11.5 Å². The fourth-order valence-corrected chi connectivity index (χ4v) is 2.87. The van der Waals surface area contributed by atoms with Gasteiger partial charge >= 0.3 is 0 Å². The van der Waals surface area contributed by atoms with E-state index in [0.29, 0.717) is 23.0 Å². The Morgan fingerprint density at radius 2 is 1.85 bits per heavy atom. The van der Waals surface area contributed by atoms with Gasteiger partial charge in [0.25, 0.3) is 0 Å². The number of halogens is 1. The third kappa shape index (κ3) is 2.75. The maximum Gasteiger partial charge on any atom is 0.163 e. The zero-order chi connectivity index (χ0) is 14.9. The van der Waals surface area contributed by atoms with Crippen molar-refractivity contribution in [1.29, 1.82) is 0 Å². The van der Waals surface area contributed by atoms with E-state index < -0.39 is 0 Å². The number of rotatable bonds is 6. The van der Waals surface area contributed by atoms with Gasteiger partial charge in [0.05, 0.1) is 14.2 Å². The van der Waals surface area contributed by atoms with Crippen LogP contribution in [0.2, 0.25) is 0 Å². The van der Waals surface area contributed by atoms with Gasteiger partial charge in [0.1, 0.15) is 5.82 Å². The second-order valence-electron chi connectivity index (χ2n) is 6.06. The smallest absolute Gasteiger partial charge is 0.163 e. The SMILES string of the molecule is CCNC(c1cc(OC)c(OC)cc1F)C1CC1(C)C. The van der Waals surface area contributed by atoms with E-state index in [0.717, 1.165) is 13.0 Å². The maximum absolute atomic E-state index is 14.4. The Morgan fingerprint density at radius 1 is 1.30 bits per heavy atom. The van der Waals surface area contributed by atoms with Crippen molar-refractivity contribution >= 4 is 0 Å². The molecule has 2 atom stereocenters. The third-order valence-electron chi connectivity index (χ3n) is 4.25. The van der Waals surface area contributed by atoms with Crippen molar-refractivity contribution in [2.24, 2.45) is 11.3 Å². The number of ether oxygens (including phenoxy) is 2. The molecule has 0 heterocycles. The van der Waals surface area contributed by atoms with Gasteiger partial charge in [-0.15, -0.1) is 0 Å². The summed E-state index contributed by atoms with van der Waals surface area (Å²) in [5.41, 5.74) is 0.937. The molecule has 4 heteroatoms. The number of benzene rings is 1. The van der Waals surface area contributed by atoms with Gasteiger partial charge < -0.3 is 14.8 Å². The van der Waals surface area contributed by atoms with Crippen LogP contribution in [0, 0.1) is 17.2 Å². The lowest BCUT2D eigenvalue weighted by molar-refractivity contribution is 0.347. The van der Waals surface area contributed by atoms with Crippen LogP contribution in [-0.2, 0) is 0 Å². The zero-order valence-electron chi connectivity index (χ0n) is 12.9. The molecule has 2 unspecified atom stereocenters. The largest absolute Gasteiger partial charge is 0.493 e. The topological polar surface area (TPSA) is 30.5 Å². The summed E-state index contributed by atoms with van der Waals surface area (Å²) in [7, 11) is 3.09. The van der Waals surface area contributed by atoms with Crippen LogP contribution in [0.15, 0.2) is 12.1 Å². The minimum Gasteiger partial charge on any atom is -0.493 e. The van der Waals surface area contributed by atoms with Crippen LogP contribution in [0.25, 0.3) is 0 Å². The first-order valence-electron chi connectivity index (χ1n) is 7.09. The van der Waals surface area contributed by atoms with Gasteiger partial charge in [-0.25, -0.2) is 4.39 Å². The first kappa shape index (κ1) is 15.1. The van der Waals surface area contributed by atoms with Crippen molar-refractivity contribution in [2.45, 2.75) is 33.2 Å². The first-order chi connectivity index (χ1) is 9.44. The summed E-state index contributed by atoms with van der Waals surface area (Å²) < 4.78 is 24.8. The van der Waals surface area contributed by atoms with Crippen LogP contribution in [0.5, 0.6) is 11.5 Å². The molecule has 2 rings (SSSR count). The van der Waals surface area contributed by atoms with E-state index in [4.69, 9.17) is 9.47 Å². The summed E-state index contributed by atoms with van der Waals surface area (Å²) in [6.07, 6.45) is 1.11. The zero-order valence-corrected chi connectivity index (χ0v) is 12.9. The standard InChI is InChI=1S/C16H24FNO2/c1-6-18-15(11-9-16(11,2)3)10-7-13(19-4)14(20-5)8-12(10)17/h7-8,11,15,18H,6,9H2,1-5H3. The molecule has 3 nitrogen and oxygen atoms in total. The molecule has 1 aromatic rings. The fraction of sp³-hybridized carbons (Fsp3) is 0.625. The Morgan fingerprint density at radius 3 is 2.30 bits per heavy atom. The number of nitrogens with one attached hydrogen (secondary N) is 1. The average Bonchev–Trinajstić information content (AvgIpc) is 3.04. The molecule has 0 amide bonds. The van der Waals surface area contributed by atoms with Crippen molar-refractivity contribution in [3.63, 3.8) is 0 Å². The van der Waals surface area contributed by atoms with Crippen molar-refractivity contribution in [1.82, 2.24) is 5.32 Å². The Labute approximate surface area is 120 Å². The molecular formula is C16H24FNO2. The van der Waals surface area contributed by atoms with Crippen molar-refractivity contribution < 1.29 is 13.9 Å². The molecule has 0 saturated heterocycles. The average molecular weight is 281 g/mol. The molecule has 1 aliphatic rings. The van der Waals surface area contributed by atoms with Gasteiger partial charge in [0.2, 0.25) is 0 Å². The summed E-state index contributed by atoms with van der Waals surface area (Å²) >= 11 is 0. The van der Waals surface area contributed by atoms with E-state index in [1.165, 1.54) is 13.2 Å². The highest BCUT2D eigenvalue weighted by atomic mass is 19.1. The molecular weight excluding hydrogens is 257 g/mol. The van der Waals surface area contributed by atoms with Gasteiger partial charge in [-0.3, -0.25) is 0 Å². The van der Waals surface area contributed by atoms with E-state index in [2.05, 4.69) is 19.2 Å². The second kappa shape index (κ2) is 5.60. The van der Waals surface area contributed by atoms with E-state index in [1.54, 1.807) is 13.2 Å². The molecule has 112 valence electrons. The number of hydrogen-bond donors (Lipinski definition) is 1. The predicted molar refractivity (Wildman–Crippen MR) is 77.8 cm³/mol. The van der Waals surface area contributed by atoms with E-state index in [9.17, 15) is 4.39 Å². The molecule has 1 saturated carbocycles. The Hall–Kier alpha value is -1.29. The highest BCUT2D eigenvalue weighted by Gasteiger charge is 2.50. The summed E-state index contributed by atoms with van der Waals surface area (Å²) in [6.45, 7) is 7.30. The minimum absolute atomic E-state index is 0.0230. The predicted octanol–water partition coefficient (Wildman–Crippen LogP) is 3.54. The van der Waals surface area contributed by atoms with Gasteiger partial charge in [-0.05, 0) is 30.4 Å². The summed E-state index contributed by atoms with van der Waals surface area (Å²) in [6, 6.07) is 3.19. The molecule has 20 heavy (non-hydrogen) atoms. The highest BCUT2D eigenvalue weighted by Crippen LogP contribution is 2.58. The Bertz CT molecular complexity index is 488. The van der Waals surface area contributed by atoms with Crippen molar-refractivity contribution in [3.05, 3.63) is 23.5 Å². The third-order valence-corrected chi connectivity index (χ3v) is 4.25. The molecule has 1 aliphatic carbocycles. The first-order valence-corrected chi connectivity index (χ1v) is 7.09. The van der Waals surface area contributed by atoms with Gasteiger partial charge in [-0.2, -0.15) is 0 Å². The lowest BCUT2D eigenvalue weighted by Crippen LogP contribution is -2.25. The molecule has 0 radical (unpaired) electrons. The van der Waals surface area contributed by atoms with E-state index in [1.807, 2.05) is 6.92 Å². The van der Waals surface area contributed by atoms with Gasteiger partial charge in [-0.1, -0.05) is 20.8 Å². The summed E-state index contributed by atoms with van der Waals surface area (Å²) in [5, 5.41) is 3.41. The van der Waals surface area contributed by atoms with Crippen LogP contribution < -0.4 is 14.8 Å². The van der Waals surface area contributed by atoms with Crippen LogP contribution in [0.3, 0.4) is 0 Å². The maximum atomic E-state index is 14.4. The summed E-state index contributed by atoms with van der Waals surface area (Å²) in [4.78, 5) is 0. The normalized spacial score (nSPS) is 21.4. The van der Waals surface area contributed by atoms with Gasteiger partial charge in [0, 0.05) is 17.7 Å². The van der Waals surface area contributed by atoms with E-state index >= 15 is 0 Å². The quantitative estimate of drug-likeness (QED) is 0.865. The molecule has 1 fully saturated rings. The minimum atomic E-state index is -0.240. The molecule has 1 N–H and O–H groups in total. The summed E-state index contributed by atoms with van der Waals surface area (Å²) in [5.74, 6) is 1.22. The van der Waals surface area contributed by atoms with Crippen molar-refractivity contribution in [2.75, 3.05) is 20.8 Å². The van der Waals surface area contributed by atoms with Crippen LogP contribution in [-0.4, -0.2) is 20.8 Å². The highest BCUT2D eigenvalue weighted by molar-refractivity contribution is 5.45. The lowest BCUT2D eigenvalue weighted by Gasteiger charge is -2.22. The number of methoxy groups -OCH3 is 2. The van der Waals surface area contributed by atoms with Crippen LogP contribution in [0.4, 0.5) is 4.39 Å². The van der Waals surface area contributed by atoms with Crippen molar-refractivity contribution in [3.8, 4) is 11.5 Å².